The first-order chi connectivity index (χ1) is 12.0. The first kappa shape index (κ1) is 17.4. The Kier molecular flexibility index (Phi) is 5.03. The molecule has 2 aliphatic heterocycles. The van der Waals surface area contributed by atoms with E-state index in [0.29, 0.717) is 43.7 Å². The molecule has 2 unspecified atom stereocenters. The van der Waals surface area contributed by atoms with Crippen molar-refractivity contribution < 1.29 is 19.1 Å². The van der Waals surface area contributed by atoms with Crippen molar-refractivity contribution in [3.8, 4) is 0 Å². The summed E-state index contributed by atoms with van der Waals surface area (Å²) in [6.07, 6.45) is 0.563. The maximum Gasteiger partial charge on any atom is 0.317 e. The van der Waals surface area contributed by atoms with Gasteiger partial charge in [0.25, 0.3) is 11.8 Å². The van der Waals surface area contributed by atoms with Crippen LogP contribution in [0.5, 0.6) is 0 Å². The molecular weight excluding hydrogens is 322 g/mol. The molecule has 7 heteroatoms. The first-order valence-corrected chi connectivity index (χ1v) is 8.61. The normalized spacial score (nSPS) is 23.0. The lowest BCUT2D eigenvalue weighted by atomic mass is 10.1. The molecular formula is C18H23N3O4. The minimum absolute atomic E-state index is 0.0212. The molecule has 0 bridgehead atoms. The SMILES string of the molecule is CC1CN(C(=O)NCCCN2C(=O)c3ccccc3C2=O)CC(C)O1. The molecule has 134 valence electrons. The van der Waals surface area contributed by atoms with Crippen molar-refractivity contribution in [2.75, 3.05) is 26.2 Å². The van der Waals surface area contributed by atoms with Crippen LogP contribution in [0.4, 0.5) is 4.79 Å². The second-order valence-corrected chi connectivity index (χ2v) is 6.56. The lowest BCUT2D eigenvalue weighted by Gasteiger charge is -2.35. The Balaban J connectivity index is 1.46. The molecule has 0 aliphatic carbocycles. The van der Waals surface area contributed by atoms with Crippen LogP contribution in [0.1, 0.15) is 41.0 Å². The van der Waals surface area contributed by atoms with Gasteiger partial charge in [-0.05, 0) is 32.4 Å². The third kappa shape index (κ3) is 3.66. The second kappa shape index (κ2) is 7.23. The number of hydrogen-bond donors (Lipinski definition) is 1. The highest BCUT2D eigenvalue weighted by molar-refractivity contribution is 6.21. The van der Waals surface area contributed by atoms with Crippen molar-refractivity contribution in [2.24, 2.45) is 0 Å². The van der Waals surface area contributed by atoms with Crippen LogP contribution < -0.4 is 5.32 Å². The Bertz CT molecular complexity index is 646. The van der Waals surface area contributed by atoms with Gasteiger partial charge in [0.2, 0.25) is 0 Å². The van der Waals surface area contributed by atoms with E-state index < -0.39 is 0 Å². The van der Waals surface area contributed by atoms with Crippen molar-refractivity contribution in [3.05, 3.63) is 35.4 Å². The Labute approximate surface area is 146 Å². The standard InChI is InChI=1S/C18H23N3O4/c1-12-10-20(11-13(2)25-12)18(24)19-8-5-9-21-16(22)14-6-3-4-7-15(14)17(21)23/h3-4,6-7,12-13H,5,8-11H2,1-2H3,(H,19,24). The number of morpholine rings is 1. The van der Waals surface area contributed by atoms with E-state index in [1.165, 1.54) is 4.90 Å². The number of urea groups is 1. The maximum absolute atomic E-state index is 12.3. The zero-order chi connectivity index (χ0) is 18.0. The summed E-state index contributed by atoms with van der Waals surface area (Å²) < 4.78 is 5.61. The van der Waals surface area contributed by atoms with Gasteiger partial charge in [-0.25, -0.2) is 4.79 Å². The summed E-state index contributed by atoms with van der Waals surface area (Å²) in [6, 6.07) is 6.69. The summed E-state index contributed by atoms with van der Waals surface area (Å²) in [5.41, 5.74) is 0.903. The van der Waals surface area contributed by atoms with E-state index in [0.717, 1.165) is 0 Å². The minimum Gasteiger partial charge on any atom is -0.372 e. The maximum atomic E-state index is 12.3. The lowest BCUT2D eigenvalue weighted by Crippen LogP contribution is -2.51. The number of nitrogens with one attached hydrogen (secondary N) is 1. The average Bonchev–Trinajstić information content (AvgIpc) is 2.82. The van der Waals surface area contributed by atoms with Crippen molar-refractivity contribution in [1.82, 2.24) is 15.1 Å². The summed E-state index contributed by atoms with van der Waals surface area (Å²) in [4.78, 5) is 39.7. The van der Waals surface area contributed by atoms with Gasteiger partial charge in [-0.2, -0.15) is 0 Å². The zero-order valence-corrected chi connectivity index (χ0v) is 14.5. The van der Waals surface area contributed by atoms with Crippen LogP contribution in [-0.4, -0.2) is 66.0 Å². The zero-order valence-electron chi connectivity index (χ0n) is 14.5. The highest BCUT2D eigenvalue weighted by Crippen LogP contribution is 2.22. The van der Waals surface area contributed by atoms with E-state index >= 15 is 0 Å². The van der Waals surface area contributed by atoms with E-state index in [4.69, 9.17) is 4.74 Å². The van der Waals surface area contributed by atoms with E-state index in [9.17, 15) is 14.4 Å². The summed E-state index contributed by atoms with van der Waals surface area (Å²) >= 11 is 0. The molecule has 0 spiro atoms. The fraction of sp³-hybridized carbons (Fsp3) is 0.500. The van der Waals surface area contributed by atoms with Gasteiger partial charge < -0.3 is 15.0 Å². The summed E-state index contributed by atoms with van der Waals surface area (Å²) in [5.74, 6) is -0.523. The summed E-state index contributed by atoms with van der Waals surface area (Å²) in [5, 5.41) is 2.85. The van der Waals surface area contributed by atoms with Gasteiger partial charge >= 0.3 is 6.03 Å². The lowest BCUT2D eigenvalue weighted by molar-refractivity contribution is -0.0545. The van der Waals surface area contributed by atoms with Crippen molar-refractivity contribution in [3.63, 3.8) is 0 Å². The van der Waals surface area contributed by atoms with Gasteiger partial charge in [0.05, 0.1) is 23.3 Å². The average molecular weight is 345 g/mol. The fourth-order valence-corrected chi connectivity index (χ4v) is 3.33. The number of ether oxygens (including phenoxy) is 1. The van der Waals surface area contributed by atoms with Crippen LogP contribution in [0.2, 0.25) is 0 Å². The highest BCUT2D eigenvalue weighted by atomic mass is 16.5. The van der Waals surface area contributed by atoms with Crippen molar-refractivity contribution in [1.29, 1.82) is 0 Å². The van der Waals surface area contributed by atoms with Gasteiger partial charge in [0, 0.05) is 26.2 Å². The largest absolute Gasteiger partial charge is 0.372 e. The molecule has 1 fully saturated rings. The molecule has 3 rings (SSSR count). The van der Waals surface area contributed by atoms with Gasteiger partial charge in [-0.15, -0.1) is 0 Å². The van der Waals surface area contributed by atoms with E-state index in [1.54, 1.807) is 29.2 Å². The summed E-state index contributed by atoms with van der Waals surface area (Å²) in [7, 11) is 0. The molecule has 1 aromatic rings. The van der Waals surface area contributed by atoms with Gasteiger partial charge in [0.15, 0.2) is 0 Å². The Hall–Kier alpha value is -2.41. The molecule has 0 saturated carbocycles. The van der Waals surface area contributed by atoms with Crippen LogP contribution in [-0.2, 0) is 4.74 Å². The summed E-state index contributed by atoms with van der Waals surface area (Å²) in [6.45, 7) is 5.72. The number of rotatable bonds is 4. The predicted octanol–water partition coefficient (Wildman–Crippen LogP) is 1.49. The van der Waals surface area contributed by atoms with Crippen LogP contribution in [0.25, 0.3) is 0 Å². The topological polar surface area (TPSA) is 79.0 Å². The van der Waals surface area contributed by atoms with Gasteiger partial charge in [0.1, 0.15) is 0 Å². The molecule has 1 N–H and O–H groups in total. The minimum atomic E-state index is -0.261. The van der Waals surface area contributed by atoms with Gasteiger partial charge in [-0.1, -0.05) is 12.1 Å². The number of benzene rings is 1. The first-order valence-electron chi connectivity index (χ1n) is 8.61. The van der Waals surface area contributed by atoms with E-state index in [-0.39, 0.29) is 30.1 Å². The second-order valence-electron chi connectivity index (χ2n) is 6.56. The van der Waals surface area contributed by atoms with Crippen molar-refractivity contribution >= 4 is 17.8 Å². The molecule has 2 atom stereocenters. The Morgan fingerprint density at radius 1 is 1.12 bits per heavy atom. The van der Waals surface area contributed by atoms with Crippen molar-refractivity contribution in [2.45, 2.75) is 32.5 Å². The number of nitrogens with zero attached hydrogens (tertiary/aromatic N) is 2. The fourth-order valence-electron chi connectivity index (χ4n) is 3.33. The molecule has 7 nitrogen and oxygen atoms in total. The third-order valence-electron chi connectivity index (χ3n) is 4.42. The van der Waals surface area contributed by atoms with Gasteiger partial charge in [-0.3, -0.25) is 14.5 Å². The third-order valence-corrected chi connectivity index (χ3v) is 4.42. The highest BCUT2D eigenvalue weighted by Gasteiger charge is 2.34. The number of fused-ring (bicyclic) bond motifs is 1. The molecule has 4 amide bonds. The van der Waals surface area contributed by atoms with Crippen LogP contribution in [0.3, 0.4) is 0 Å². The molecule has 2 heterocycles. The molecule has 0 radical (unpaired) electrons. The van der Waals surface area contributed by atoms with E-state index in [2.05, 4.69) is 5.32 Å². The predicted molar refractivity (Wildman–Crippen MR) is 91.4 cm³/mol. The smallest absolute Gasteiger partial charge is 0.317 e. The quantitative estimate of drug-likeness (QED) is 0.662. The number of hydrogen-bond acceptors (Lipinski definition) is 4. The molecule has 1 saturated heterocycles. The molecule has 0 aromatic heterocycles. The molecule has 2 aliphatic rings. The van der Waals surface area contributed by atoms with Crippen LogP contribution >= 0.6 is 0 Å². The van der Waals surface area contributed by atoms with Crippen LogP contribution in [0, 0.1) is 0 Å². The Morgan fingerprint density at radius 2 is 1.68 bits per heavy atom. The Morgan fingerprint density at radius 3 is 2.24 bits per heavy atom. The van der Waals surface area contributed by atoms with Crippen LogP contribution in [0.15, 0.2) is 24.3 Å². The molecule has 25 heavy (non-hydrogen) atoms. The number of carbonyl (C=O) groups is 3. The number of carbonyl (C=O) groups excluding carboxylic acids is 3. The molecule has 1 aromatic carbocycles. The monoisotopic (exact) mass is 345 g/mol. The number of amides is 4. The van der Waals surface area contributed by atoms with E-state index in [1.807, 2.05) is 13.8 Å². The number of imide groups is 1.